The first-order valence-electron chi connectivity index (χ1n) is 6.37. The standard InChI is InChI=1S/C16H7Cl3FNO2/c17-8-4-5-12(19)10(6-8)15-21-14(16(22)23-15)7-9-11(18)2-1-3-13(9)20/h1-7H. The Morgan fingerprint density at radius 2 is 1.87 bits per heavy atom. The van der Waals surface area contributed by atoms with Gasteiger partial charge in [0.2, 0.25) is 5.90 Å². The highest BCUT2D eigenvalue weighted by atomic mass is 35.5. The van der Waals surface area contributed by atoms with Gasteiger partial charge < -0.3 is 4.74 Å². The number of cyclic esters (lactones) is 1. The van der Waals surface area contributed by atoms with Crippen LogP contribution in [0.5, 0.6) is 0 Å². The first-order valence-corrected chi connectivity index (χ1v) is 7.51. The van der Waals surface area contributed by atoms with Gasteiger partial charge in [0.05, 0.1) is 15.6 Å². The third kappa shape index (κ3) is 3.24. The van der Waals surface area contributed by atoms with Gasteiger partial charge in [-0.2, -0.15) is 0 Å². The summed E-state index contributed by atoms with van der Waals surface area (Å²) in [6.07, 6.45) is 1.23. The molecule has 3 rings (SSSR count). The van der Waals surface area contributed by atoms with Crippen LogP contribution >= 0.6 is 34.8 Å². The summed E-state index contributed by atoms with van der Waals surface area (Å²) >= 11 is 17.9. The fourth-order valence-corrected chi connectivity index (χ4v) is 2.56. The Hall–Kier alpha value is -1.88. The van der Waals surface area contributed by atoms with E-state index in [9.17, 15) is 9.18 Å². The summed E-state index contributed by atoms with van der Waals surface area (Å²) in [4.78, 5) is 16.0. The van der Waals surface area contributed by atoms with E-state index in [1.807, 2.05) is 0 Å². The Morgan fingerprint density at radius 1 is 1.09 bits per heavy atom. The number of nitrogens with zero attached hydrogens (tertiary/aromatic N) is 1. The van der Waals surface area contributed by atoms with E-state index < -0.39 is 11.8 Å². The van der Waals surface area contributed by atoms with Crippen molar-refractivity contribution in [3.8, 4) is 0 Å². The third-order valence-electron chi connectivity index (χ3n) is 3.06. The fraction of sp³-hybridized carbons (Fsp3) is 0. The molecule has 2 aromatic carbocycles. The van der Waals surface area contributed by atoms with E-state index >= 15 is 0 Å². The lowest BCUT2D eigenvalue weighted by Crippen LogP contribution is -2.06. The summed E-state index contributed by atoms with van der Waals surface area (Å²) in [5.74, 6) is -1.29. The minimum Gasteiger partial charge on any atom is -0.402 e. The van der Waals surface area contributed by atoms with Gasteiger partial charge in [0, 0.05) is 10.6 Å². The zero-order valence-corrected chi connectivity index (χ0v) is 13.6. The van der Waals surface area contributed by atoms with Crippen molar-refractivity contribution in [1.29, 1.82) is 0 Å². The quantitative estimate of drug-likeness (QED) is 0.543. The normalized spacial score (nSPS) is 15.7. The summed E-state index contributed by atoms with van der Waals surface area (Å²) < 4.78 is 18.9. The van der Waals surface area contributed by atoms with E-state index in [2.05, 4.69) is 4.99 Å². The molecule has 0 unspecified atom stereocenters. The second-order valence-corrected chi connectivity index (χ2v) is 5.85. The maximum absolute atomic E-state index is 13.8. The monoisotopic (exact) mass is 369 g/mol. The Bertz CT molecular complexity index is 857. The highest BCUT2D eigenvalue weighted by Gasteiger charge is 2.26. The van der Waals surface area contributed by atoms with Crippen LogP contribution in [0, 0.1) is 5.82 Å². The Kier molecular flexibility index (Phi) is 4.39. The van der Waals surface area contributed by atoms with E-state index in [0.29, 0.717) is 15.6 Å². The third-order valence-corrected chi connectivity index (χ3v) is 3.95. The van der Waals surface area contributed by atoms with Gasteiger partial charge in [0.15, 0.2) is 5.70 Å². The Morgan fingerprint density at radius 3 is 2.61 bits per heavy atom. The van der Waals surface area contributed by atoms with Gasteiger partial charge in [-0.15, -0.1) is 0 Å². The van der Waals surface area contributed by atoms with Gasteiger partial charge >= 0.3 is 5.97 Å². The first kappa shape index (κ1) is 16.0. The van der Waals surface area contributed by atoms with Gasteiger partial charge in [0.25, 0.3) is 0 Å². The smallest absolute Gasteiger partial charge is 0.363 e. The molecule has 0 aliphatic carbocycles. The van der Waals surface area contributed by atoms with Crippen molar-refractivity contribution in [2.45, 2.75) is 0 Å². The van der Waals surface area contributed by atoms with Crippen LogP contribution in [0.3, 0.4) is 0 Å². The van der Waals surface area contributed by atoms with Crippen LogP contribution in [0.25, 0.3) is 6.08 Å². The SMILES string of the molecule is O=C1OC(c2cc(Cl)ccc2Cl)=NC1=Cc1c(F)cccc1Cl. The molecule has 0 saturated heterocycles. The first-order chi connectivity index (χ1) is 11.0. The van der Waals surface area contributed by atoms with Crippen LogP contribution in [0.15, 0.2) is 47.1 Å². The van der Waals surface area contributed by atoms with Crippen molar-refractivity contribution < 1.29 is 13.9 Å². The predicted octanol–water partition coefficient (Wildman–Crippen LogP) is 5.13. The molecule has 0 saturated carbocycles. The van der Waals surface area contributed by atoms with Crippen molar-refractivity contribution in [1.82, 2.24) is 0 Å². The van der Waals surface area contributed by atoms with Crippen LogP contribution in [-0.2, 0) is 9.53 Å². The van der Waals surface area contributed by atoms with Gasteiger partial charge in [-0.25, -0.2) is 14.2 Å². The van der Waals surface area contributed by atoms with E-state index in [4.69, 9.17) is 39.5 Å². The van der Waals surface area contributed by atoms with Crippen LogP contribution in [0.1, 0.15) is 11.1 Å². The molecule has 7 heteroatoms. The average molecular weight is 371 g/mol. The molecular formula is C16H7Cl3FNO2. The van der Waals surface area contributed by atoms with Crippen molar-refractivity contribution >= 4 is 52.7 Å². The summed E-state index contributed by atoms with van der Waals surface area (Å²) in [5.41, 5.74) is 0.349. The average Bonchev–Trinajstić information content (AvgIpc) is 2.86. The summed E-state index contributed by atoms with van der Waals surface area (Å²) in [6.45, 7) is 0. The zero-order valence-electron chi connectivity index (χ0n) is 11.3. The van der Waals surface area contributed by atoms with Gasteiger partial charge in [-0.1, -0.05) is 40.9 Å². The number of benzene rings is 2. The number of rotatable bonds is 2. The maximum atomic E-state index is 13.8. The molecular weight excluding hydrogens is 364 g/mol. The van der Waals surface area contributed by atoms with E-state index in [1.54, 1.807) is 12.1 Å². The Balaban J connectivity index is 2.05. The van der Waals surface area contributed by atoms with Gasteiger partial charge in [-0.05, 0) is 36.4 Å². The summed E-state index contributed by atoms with van der Waals surface area (Å²) in [6, 6.07) is 8.89. The molecule has 0 spiro atoms. The molecule has 1 aliphatic heterocycles. The molecule has 0 bridgehead atoms. The molecule has 0 amide bonds. The zero-order chi connectivity index (χ0) is 16.6. The second kappa shape index (κ2) is 6.32. The molecule has 1 aliphatic rings. The molecule has 116 valence electrons. The van der Waals surface area contributed by atoms with Crippen molar-refractivity contribution in [2.24, 2.45) is 4.99 Å². The number of hydrogen-bond donors (Lipinski definition) is 0. The van der Waals surface area contributed by atoms with E-state index in [1.165, 1.54) is 30.3 Å². The topological polar surface area (TPSA) is 38.7 Å². The van der Waals surface area contributed by atoms with Crippen LogP contribution in [0.2, 0.25) is 15.1 Å². The lowest BCUT2D eigenvalue weighted by atomic mass is 10.2. The molecule has 2 aromatic rings. The molecule has 0 aromatic heterocycles. The number of esters is 1. The number of carbonyl (C=O) groups is 1. The van der Waals surface area contributed by atoms with Gasteiger partial charge in [0.1, 0.15) is 5.82 Å². The van der Waals surface area contributed by atoms with Crippen LogP contribution in [0.4, 0.5) is 4.39 Å². The number of hydrogen-bond acceptors (Lipinski definition) is 3. The lowest BCUT2D eigenvalue weighted by Gasteiger charge is -2.02. The Labute approximate surface area is 145 Å². The highest BCUT2D eigenvalue weighted by molar-refractivity contribution is 6.36. The molecule has 3 nitrogen and oxygen atoms in total. The lowest BCUT2D eigenvalue weighted by molar-refractivity contribution is -0.129. The van der Waals surface area contributed by atoms with E-state index in [-0.39, 0.29) is 22.2 Å². The second-order valence-electron chi connectivity index (χ2n) is 4.60. The van der Waals surface area contributed by atoms with E-state index in [0.717, 1.165) is 0 Å². The fourth-order valence-electron chi connectivity index (χ4n) is 1.97. The minimum atomic E-state index is -0.727. The number of ether oxygens (including phenoxy) is 1. The maximum Gasteiger partial charge on any atom is 0.363 e. The molecule has 23 heavy (non-hydrogen) atoms. The molecule has 1 heterocycles. The molecule has 0 atom stereocenters. The number of halogens is 4. The highest BCUT2D eigenvalue weighted by Crippen LogP contribution is 2.28. The number of aliphatic imine (C=N–C) groups is 1. The predicted molar refractivity (Wildman–Crippen MR) is 88.5 cm³/mol. The van der Waals surface area contributed by atoms with Crippen LogP contribution in [-0.4, -0.2) is 11.9 Å². The van der Waals surface area contributed by atoms with Crippen molar-refractivity contribution in [3.63, 3.8) is 0 Å². The summed E-state index contributed by atoms with van der Waals surface area (Å²) in [5, 5.41) is 0.901. The van der Waals surface area contributed by atoms with Crippen molar-refractivity contribution in [3.05, 3.63) is 74.1 Å². The van der Waals surface area contributed by atoms with Crippen molar-refractivity contribution in [2.75, 3.05) is 0 Å². The van der Waals surface area contributed by atoms with Crippen LogP contribution < -0.4 is 0 Å². The minimum absolute atomic E-state index is 0.00112. The molecule has 0 fully saturated rings. The molecule has 0 N–H and O–H groups in total. The number of carbonyl (C=O) groups excluding carboxylic acids is 1. The largest absolute Gasteiger partial charge is 0.402 e. The summed E-state index contributed by atoms with van der Waals surface area (Å²) in [7, 11) is 0. The molecule has 0 radical (unpaired) electrons. The van der Waals surface area contributed by atoms with Gasteiger partial charge in [-0.3, -0.25) is 0 Å².